The first-order valence-electron chi connectivity index (χ1n) is 10.4. The van der Waals surface area contributed by atoms with Crippen LogP contribution >= 0.6 is 11.3 Å². The van der Waals surface area contributed by atoms with Crippen LogP contribution in [0.2, 0.25) is 0 Å². The van der Waals surface area contributed by atoms with E-state index in [-0.39, 0.29) is 0 Å². The number of H-pyrrole nitrogens is 1. The number of nitrogens with one attached hydrogen (secondary N) is 2. The molecular weight excluding hydrogens is 422 g/mol. The van der Waals surface area contributed by atoms with E-state index < -0.39 is 12.0 Å². The molecule has 3 N–H and O–H groups in total. The SMILES string of the molecule is CCc1sc2ncnc(NC(Cc3ccccc3)C(=O)O)c2c1-c1cccc2[nH]ncc12. The third-order valence-corrected chi connectivity index (χ3v) is 6.77. The number of benzene rings is 2. The van der Waals surface area contributed by atoms with Crippen molar-refractivity contribution in [1.29, 1.82) is 0 Å². The standard InChI is InChI=1S/C24H21N5O2S/c1-2-19-20(15-9-6-10-17-16(15)12-27-29-17)21-22(25-13-26-23(21)32-19)28-18(24(30)31)11-14-7-4-3-5-8-14/h3-10,12-13,18H,2,11H2,1H3,(H,27,29)(H,30,31)(H,25,26,28). The lowest BCUT2D eigenvalue weighted by Gasteiger charge is -2.16. The number of aromatic nitrogens is 4. The molecule has 0 aliphatic heterocycles. The first-order valence-corrected chi connectivity index (χ1v) is 11.2. The Morgan fingerprint density at radius 1 is 1.16 bits per heavy atom. The third-order valence-electron chi connectivity index (χ3n) is 5.53. The minimum Gasteiger partial charge on any atom is -0.480 e. The molecule has 0 saturated carbocycles. The largest absolute Gasteiger partial charge is 0.480 e. The monoisotopic (exact) mass is 443 g/mol. The van der Waals surface area contributed by atoms with Crippen LogP contribution in [-0.2, 0) is 17.6 Å². The number of anilines is 1. The molecule has 0 aliphatic rings. The van der Waals surface area contributed by atoms with Gasteiger partial charge in [-0.05, 0) is 23.6 Å². The maximum absolute atomic E-state index is 12.1. The van der Waals surface area contributed by atoms with Gasteiger partial charge >= 0.3 is 5.97 Å². The molecule has 0 bridgehead atoms. The van der Waals surface area contributed by atoms with Gasteiger partial charge in [-0.2, -0.15) is 5.10 Å². The highest BCUT2D eigenvalue weighted by molar-refractivity contribution is 7.19. The average Bonchev–Trinajstić information content (AvgIpc) is 3.44. The summed E-state index contributed by atoms with van der Waals surface area (Å²) < 4.78 is 0. The zero-order valence-electron chi connectivity index (χ0n) is 17.4. The topological polar surface area (TPSA) is 104 Å². The maximum atomic E-state index is 12.1. The van der Waals surface area contributed by atoms with Crippen molar-refractivity contribution < 1.29 is 9.90 Å². The number of aryl methyl sites for hydroxylation is 1. The number of hydrogen-bond donors (Lipinski definition) is 3. The van der Waals surface area contributed by atoms with Gasteiger partial charge in [0.15, 0.2) is 0 Å². The molecule has 5 aromatic rings. The normalized spacial score (nSPS) is 12.3. The second kappa shape index (κ2) is 8.39. The van der Waals surface area contributed by atoms with E-state index >= 15 is 0 Å². The van der Waals surface area contributed by atoms with Crippen LogP contribution in [0.15, 0.2) is 61.1 Å². The quantitative estimate of drug-likeness (QED) is 0.330. The van der Waals surface area contributed by atoms with Gasteiger partial charge in [0.25, 0.3) is 0 Å². The lowest BCUT2D eigenvalue weighted by atomic mass is 9.98. The molecular formula is C24H21N5O2S. The zero-order valence-corrected chi connectivity index (χ0v) is 18.2. The Bertz CT molecular complexity index is 1410. The molecule has 1 unspecified atom stereocenters. The van der Waals surface area contributed by atoms with Crippen LogP contribution in [0.25, 0.3) is 32.2 Å². The Morgan fingerprint density at radius 2 is 2.00 bits per heavy atom. The maximum Gasteiger partial charge on any atom is 0.326 e. The summed E-state index contributed by atoms with van der Waals surface area (Å²) in [6, 6.07) is 14.8. The molecule has 32 heavy (non-hydrogen) atoms. The Balaban J connectivity index is 1.65. The number of carboxylic acids is 1. The van der Waals surface area contributed by atoms with Gasteiger partial charge in [-0.1, -0.05) is 49.4 Å². The highest BCUT2D eigenvalue weighted by Gasteiger charge is 2.24. The summed E-state index contributed by atoms with van der Waals surface area (Å²) in [5.74, 6) is -0.394. The van der Waals surface area contributed by atoms with Gasteiger partial charge < -0.3 is 10.4 Å². The number of carbonyl (C=O) groups is 1. The summed E-state index contributed by atoms with van der Waals surface area (Å²) in [5, 5.41) is 22.2. The summed E-state index contributed by atoms with van der Waals surface area (Å²) in [5.41, 5.74) is 3.96. The lowest BCUT2D eigenvalue weighted by molar-refractivity contribution is -0.137. The predicted molar refractivity (Wildman–Crippen MR) is 127 cm³/mol. The van der Waals surface area contributed by atoms with E-state index in [1.54, 1.807) is 11.3 Å². The number of thiophene rings is 1. The van der Waals surface area contributed by atoms with Crippen LogP contribution in [-0.4, -0.2) is 37.3 Å². The molecule has 8 heteroatoms. The van der Waals surface area contributed by atoms with Crippen LogP contribution in [0.1, 0.15) is 17.4 Å². The minimum atomic E-state index is -0.926. The van der Waals surface area contributed by atoms with Gasteiger partial charge in [0.05, 0.1) is 17.1 Å². The number of nitrogens with zero attached hydrogens (tertiary/aromatic N) is 3. The Labute approximate surface area is 188 Å². The van der Waals surface area contributed by atoms with E-state index in [4.69, 9.17) is 0 Å². The molecule has 0 spiro atoms. The number of carboxylic acid groups (broad SMARTS) is 1. The van der Waals surface area contributed by atoms with E-state index in [0.29, 0.717) is 12.2 Å². The van der Waals surface area contributed by atoms with Gasteiger partial charge in [-0.15, -0.1) is 11.3 Å². The van der Waals surface area contributed by atoms with Crippen molar-refractivity contribution in [1.82, 2.24) is 20.2 Å². The van der Waals surface area contributed by atoms with Crippen LogP contribution < -0.4 is 5.32 Å². The second-order valence-corrected chi connectivity index (χ2v) is 8.60. The molecule has 1 atom stereocenters. The molecule has 3 heterocycles. The molecule has 7 nitrogen and oxygen atoms in total. The van der Waals surface area contributed by atoms with Gasteiger partial charge in [-0.3, -0.25) is 5.10 Å². The molecule has 0 fully saturated rings. The highest BCUT2D eigenvalue weighted by Crippen LogP contribution is 2.43. The molecule has 3 aromatic heterocycles. The summed E-state index contributed by atoms with van der Waals surface area (Å²) in [4.78, 5) is 23.1. The van der Waals surface area contributed by atoms with Crippen molar-refractivity contribution >= 4 is 44.2 Å². The van der Waals surface area contributed by atoms with Crippen LogP contribution in [0.3, 0.4) is 0 Å². The van der Waals surface area contributed by atoms with Gasteiger partial charge in [0.1, 0.15) is 23.0 Å². The number of aromatic amines is 1. The molecule has 160 valence electrons. The molecule has 0 saturated heterocycles. The summed E-state index contributed by atoms with van der Waals surface area (Å²) >= 11 is 1.61. The van der Waals surface area contributed by atoms with E-state index in [1.165, 1.54) is 11.2 Å². The van der Waals surface area contributed by atoms with Crippen molar-refractivity contribution in [2.75, 3.05) is 5.32 Å². The highest BCUT2D eigenvalue weighted by atomic mass is 32.1. The molecule has 2 aromatic carbocycles. The van der Waals surface area contributed by atoms with Crippen LogP contribution in [0.4, 0.5) is 5.82 Å². The van der Waals surface area contributed by atoms with Crippen molar-refractivity contribution in [3.8, 4) is 11.1 Å². The van der Waals surface area contributed by atoms with E-state index in [1.807, 2.05) is 48.7 Å². The number of hydrogen-bond acceptors (Lipinski definition) is 6. The van der Waals surface area contributed by atoms with Crippen molar-refractivity contribution in [3.63, 3.8) is 0 Å². The Hall–Kier alpha value is -3.78. The molecule has 0 amide bonds. The minimum absolute atomic E-state index is 0.346. The summed E-state index contributed by atoms with van der Waals surface area (Å²) in [6.07, 6.45) is 4.49. The number of fused-ring (bicyclic) bond motifs is 2. The van der Waals surface area contributed by atoms with Crippen molar-refractivity contribution in [2.45, 2.75) is 25.8 Å². The van der Waals surface area contributed by atoms with Crippen LogP contribution in [0.5, 0.6) is 0 Å². The van der Waals surface area contributed by atoms with Gasteiger partial charge in [0.2, 0.25) is 0 Å². The summed E-state index contributed by atoms with van der Waals surface area (Å²) in [7, 11) is 0. The summed E-state index contributed by atoms with van der Waals surface area (Å²) in [6.45, 7) is 2.11. The van der Waals surface area contributed by atoms with Crippen molar-refractivity contribution in [2.24, 2.45) is 0 Å². The Morgan fingerprint density at radius 3 is 2.78 bits per heavy atom. The second-order valence-electron chi connectivity index (χ2n) is 7.52. The first kappa shape index (κ1) is 20.1. The predicted octanol–water partition coefficient (Wildman–Crippen LogP) is 4.90. The number of rotatable bonds is 7. The van der Waals surface area contributed by atoms with Gasteiger partial charge in [0, 0.05) is 22.2 Å². The average molecular weight is 444 g/mol. The third kappa shape index (κ3) is 3.58. The molecule has 5 rings (SSSR count). The lowest BCUT2D eigenvalue weighted by Crippen LogP contribution is -2.32. The fourth-order valence-corrected chi connectivity index (χ4v) is 5.12. The molecule has 0 radical (unpaired) electrons. The first-order chi connectivity index (χ1) is 15.7. The fraction of sp³-hybridized carbons (Fsp3) is 0.167. The van der Waals surface area contributed by atoms with Gasteiger partial charge in [-0.25, -0.2) is 14.8 Å². The van der Waals surface area contributed by atoms with E-state index in [0.717, 1.165) is 44.2 Å². The molecule has 0 aliphatic carbocycles. The zero-order chi connectivity index (χ0) is 22.1. The fourth-order valence-electron chi connectivity index (χ4n) is 4.02. The van der Waals surface area contributed by atoms with Crippen molar-refractivity contribution in [3.05, 3.63) is 71.5 Å². The van der Waals surface area contributed by atoms with E-state index in [9.17, 15) is 9.90 Å². The van der Waals surface area contributed by atoms with Crippen LogP contribution in [0, 0.1) is 0 Å². The Kier molecular flexibility index (Phi) is 5.28. The smallest absolute Gasteiger partial charge is 0.326 e. The number of aliphatic carboxylic acids is 1. The van der Waals surface area contributed by atoms with E-state index in [2.05, 4.69) is 38.5 Å².